The summed E-state index contributed by atoms with van der Waals surface area (Å²) in [6.45, 7) is 1.10. The number of aromatic nitrogens is 3. The fourth-order valence-electron chi connectivity index (χ4n) is 1.78. The van der Waals surface area contributed by atoms with Crippen molar-refractivity contribution in [2.75, 3.05) is 6.16 Å². The zero-order chi connectivity index (χ0) is 8.39. The van der Waals surface area contributed by atoms with Gasteiger partial charge in [-0.25, -0.2) is 0 Å². The minimum Gasteiger partial charge on any atom is -0.317 e. The zero-order valence-electron chi connectivity index (χ0n) is 7.11. The highest BCUT2D eigenvalue weighted by molar-refractivity contribution is 7.16. The lowest BCUT2D eigenvalue weighted by Gasteiger charge is -2.09. The summed E-state index contributed by atoms with van der Waals surface area (Å²) in [5.41, 5.74) is 0. The first-order valence-corrected chi connectivity index (χ1v) is 5.31. The average molecular weight is 183 g/mol. The number of hydrogen-bond donors (Lipinski definition) is 0. The summed E-state index contributed by atoms with van der Waals surface area (Å²) in [7, 11) is 2.80. The van der Waals surface area contributed by atoms with Gasteiger partial charge in [-0.3, -0.25) is 0 Å². The molecule has 0 N–H and O–H groups in total. The van der Waals surface area contributed by atoms with Crippen molar-refractivity contribution in [3.8, 4) is 0 Å². The van der Waals surface area contributed by atoms with Gasteiger partial charge in [0.1, 0.15) is 12.2 Å². The van der Waals surface area contributed by atoms with Gasteiger partial charge in [-0.05, 0) is 19.0 Å². The second kappa shape index (κ2) is 3.53. The van der Waals surface area contributed by atoms with E-state index in [2.05, 4.69) is 24.0 Å². The minimum absolute atomic E-state index is 0.611. The second-order valence-electron chi connectivity index (χ2n) is 3.31. The van der Waals surface area contributed by atoms with Gasteiger partial charge in [-0.1, -0.05) is 6.42 Å². The number of hydrogen-bond acceptors (Lipinski definition) is 2. The Balaban J connectivity index is 2.29. The summed E-state index contributed by atoms with van der Waals surface area (Å²) in [4.78, 5) is 0. The zero-order valence-corrected chi connectivity index (χ0v) is 8.26. The maximum absolute atomic E-state index is 4.17. The van der Waals surface area contributed by atoms with Crippen LogP contribution in [0.25, 0.3) is 0 Å². The molecule has 1 aromatic rings. The van der Waals surface area contributed by atoms with Crippen LogP contribution in [0.3, 0.4) is 0 Å². The van der Waals surface area contributed by atoms with Crippen LogP contribution in [0, 0.1) is 0 Å². The van der Waals surface area contributed by atoms with Gasteiger partial charge in [0.25, 0.3) is 0 Å². The summed E-state index contributed by atoms with van der Waals surface area (Å²) in [6.07, 6.45) is 6.82. The van der Waals surface area contributed by atoms with E-state index in [4.69, 9.17) is 0 Å². The highest BCUT2D eigenvalue weighted by Gasteiger charge is 2.18. The van der Waals surface area contributed by atoms with Crippen LogP contribution in [0.4, 0.5) is 0 Å². The molecule has 0 spiro atoms. The van der Waals surface area contributed by atoms with Crippen molar-refractivity contribution in [3.63, 3.8) is 0 Å². The fourth-order valence-corrected chi connectivity index (χ4v) is 2.22. The molecule has 12 heavy (non-hydrogen) atoms. The highest BCUT2D eigenvalue weighted by atomic mass is 31.0. The van der Waals surface area contributed by atoms with Gasteiger partial charge in [-0.15, -0.1) is 19.4 Å². The first kappa shape index (κ1) is 8.18. The fraction of sp³-hybridized carbons (Fsp3) is 0.750. The number of aryl methyl sites for hydroxylation is 1. The largest absolute Gasteiger partial charge is 0.317 e. The van der Waals surface area contributed by atoms with Crippen LogP contribution in [-0.2, 0) is 6.54 Å². The van der Waals surface area contributed by atoms with Crippen molar-refractivity contribution in [2.45, 2.75) is 31.7 Å². The predicted octanol–water partition coefficient (Wildman–Crippen LogP) is 1.42. The van der Waals surface area contributed by atoms with E-state index in [0.717, 1.165) is 12.7 Å². The Bertz CT molecular complexity index is 259. The van der Waals surface area contributed by atoms with Gasteiger partial charge in [0, 0.05) is 12.5 Å². The Labute approximate surface area is 74.8 Å². The summed E-state index contributed by atoms with van der Waals surface area (Å²) in [5.74, 6) is 1.79. The van der Waals surface area contributed by atoms with Gasteiger partial charge in [0.05, 0.1) is 0 Å². The smallest absolute Gasteiger partial charge is 0.136 e. The molecule has 0 saturated carbocycles. The highest BCUT2D eigenvalue weighted by Crippen LogP contribution is 2.25. The molecular weight excluding hydrogens is 169 g/mol. The first-order chi connectivity index (χ1) is 5.92. The van der Waals surface area contributed by atoms with Crippen molar-refractivity contribution in [3.05, 3.63) is 12.2 Å². The van der Waals surface area contributed by atoms with E-state index in [9.17, 15) is 0 Å². The Hall–Kier alpha value is -0.430. The molecule has 1 aliphatic heterocycles. The van der Waals surface area contributed by atoms with Gasteiger partial charge in [-0.2, -0.15) is 0 Å². The molecule has 0 amide bonds. The molecule has 0 aliphatic carbocycles. The second-order valence-corrected chi connectivity index (χ2v) is 3.78. The Kier molecular flexibility index (Phi) is 2.40. The van der Waals surface area contributed by atoms with Crippen molar-refractivity contribution >= 4 is 9.24 Å². The third kappa shape index (κ3) is 1.38. The number of rotatable bonds is 1. The van der Waals surface area contributed by atoms with Crippen molar-refractivity contribution in [1.82, 2.24) is 14.8 Å². The molecule has 0 saturated heterocycles. The normalized spacial score (nSPS) is 23.2. The van der Waals surface area contributed by atoms with Crippen molar-refractivity contribution < 1.29 is 0 Å². The summed E-state index contributed by atoms with van der Waals surface area (Å²) in [5, 5.41) is 8.12. The predicted molar refractivity (Wildman–Crippen MR) is 51.2 cm³/mol. The van der Waals surface area contributed by atoms with Gasteiger partial charge >= 0.3 is 0 Å². The third-order valence-corrected chi connectivity index (χ3v) is 3.07. The van der Waals surface area contributed by atoms with Crippen LogP contribution in [0.15, 0.2) is 6.33 Å². The van der Waals surface area contributed by atoms with E-state index < -0.39 is 0 Å². The molecule has 2 atom stereocenters. The summed E-state index contributed by atoms with van der Waals surface area (Å²) < 4.78 is 2.20. The van der Waals surface area contributed by atoms with Crippen LogP contribution < -0.4 is 0 Å². The molecule has 3 nitrogen and oxygen atoms in total. The SMILES string of the molecule is PCC1CCCCn2cnnc21. The molecule has 0 fully saturated rings. The Morgan fingerprint density at radius 3 is 3.33 bits per heavy atom. The summed E-state index contributed by atoms with van der Waals surface area (Å²) in [6, 6.07) is 0. The van der Waals surface area contributed by atoms with Crippen LogP contribution in [0.5, 0.6) is 0 Å². The minimum atomic E-state index is 0.611. The monoisotopic (exact) mass is 183 g/mol. The van der Waals surface area contributed by atoms with E-state index in [1.54, 1.807) is 0 Å². The number of nitrogens with zero attached hydrogens (tertiary/aromatic N) is 3. The molecule has 1 aromatic heterocycles. The van der Waals surface area contributed by atoms with Gasteiger partial charge in [0.15, 0.2) is 0 Å². The van der Waals surface area contributed by atoms with E-state index in [1.165, 1.54) is 25.1 Å². The summed E-state index contributed by atoms with van der Waals surface area (Å²) >= 11 is 0. The molecule has 2 rings (SSSR count). The Morgan fingerprint density at radius 2 is 2.50 bits per heavy atom. The van der Waals surface area contributed by atoms with Crippen LogP contribution in [0.1, 0.15) is 31.0 Å². The lowest BCUT2D eigenvalue weighted by atomic mass is 10.1. The third-order valence-electron chi connectivity index (χ3n) is 2.50. The molecular formula is C8H14N3P. The topological polar surface area (TPSA) is 30.7 Å². The van der Waals surface area contributed by atoms with E-state index >= 15 is 0 Å². The number of fused-ring (bicyclic) bond motifs is 1. The molecule has 4 heteroatoms. The molecule has 1 aliphatic rings. The quantitative estimate of drug-likeness (QED) is 0.616. The van der Waals surface area contributed by atoms with E-state index in [0.29, 0.717) is 5.92 Å². The Morgan fingerprint density at radius 1 is 1.58 bits per heavy atom. The van der Waals surface area contributed by atoms with Crippen LogP contribution in [0.2, 0.25) is 0 Å². The van der Waals surface area contributed by atoms with Gasteiger partial charge < -0.3 is 4.57 Å². The van der Waals surface area contributed by atoms with Crippen molar-refractivity contribution in [2.24, 2.45) is 0 Å². The van der Waals surface area contributed by atoms with Crippen LogP contribution >= 0.6 is 9.24 Å². The molecule has 2 heterocycles. The molecule has 0 aromatic carbocycles. The average Bonchev–Trinajstić information content (AvgIpc) is 2.46. The molecule has 0 radical (unpaired) electrons. The van der Waals surface area contributed by atoms with Crippen molar-refractivity contribution in [1.29, 1.82) is 0 Å². The van der Waals surface area contributed by atoms with E-state index in [-0.39, 0.29) is 0 Å². The lowest BCUT2D eigenvalue weighted by molar-refractivity contribution is 0.620. The molecule has 66 valence electrons. The van der Waals surface area contributed by atoms with Crippen LogP contribution in [-0.4, -0.2) is 20.9 Å². The maximum atomic E-state index is 4.17. The first-order valence-electron chi connectivity index (χ1n) is 4.49. The molecule has 2 unspecified atom stereocenters. The maximum Gasteiger partial charge on any atom is 0.136 e. The lowest BCUT2D eigenvalue weighted by Crippen LogP contribution is -2.06. The van der Waals surface area contributed by atoms with E-state index in [1.807, 2.05) is 6.33 Å². The standard InChI is InChI=1S/C8H14N3P/c12-5-7-3-1-2-4-11-6-9-10-8(7)11/h6-7H,1-5,12H2. The van der Waals surface area contributed by atoms with Gasteiger partial charge in [0.2, 0.25) is 0 Å². The molecule has 0 bridgehead atoms.